The number of ether oxygens (including phenoxy) is 2. The van der Waals surface area contributed by atoms with Gasteiger partial charge in [-0.15, -0.1) is 8.78 Å². The molecule has 0 saturated heterocycles. The van der Waals surface area contributed by atoms with Gasteiger partial charge in [-0.3, -0.25) is 0 Å². The number of rotatable bonds is 3. The van der Waals surface area contributed by atoms with E-state index >= 15 is 0 Å². The summed E-state index contributed by atoms with van der Waals surface area (Å²) in [6.07, 6.45) is 6.27. The lowest BCUT2D eigenvalue weighted by molar-refractivity contribution is -0.361. The molecule has 4 nitrogen and oxygen atoms in total. The van der Waals surface area contributed by atoms with Crippen molar-refractivity contribution in [2.24, 2.45) is 0 Å². The number of aromatic nitrogens is 1. The van der Waals surface area contributed by atoms with Crippen molar-refractivity contribution in [1.29, 1.82) is 0 Å². The maximum absolute atomic E-state index is 13.6. The van der Waals surface area contributed by atoms with Crippen LogP contribution in [0, 0.1) is 0 Å². The molecule has 0 bridgehead atoms. The number of hydrogen-bond acceptors (Lipinski definition) is 3. The van der Waals surface area contributed by atoms with E-state index in [0.29, 0.717) is 5.70 Å². The van der Waals surface area contributed by atoms with Gasteiger partial charge < -0.3 is 19.1 Å². The summed E-state index contributed by atoms with van der Waals surface area (Å²) in [5, 5.41) is 9.94. The standard InChI is InChI=1S/C22H21F2NO3/c1-4-21(26)18-7-5-6-17(13-18)19-10-11-25(14-19)20-9-8-15(2)27-22(23,24)28-16(3)12-20/h4-14,26H,1-3H3/b15-8+,16-12+,20-9+,21-4-. The van der Waals surface area contributed by atoms with Crippen molar-refractivity contribution in [2.75, 3.05) is 0 Å². The normalized spacial score (nSPS) is 22.8. The summed E-state index contributed by atoms with van der Waals surface area (Å²) < 4.78 is 38.2. The van der Waals surface area contributed by atoms with E-state index in [-0.39, 0.29) is 17.3 Å². The molecule has 0 amide bonds. The highest BCUT2D eigenvalue weighted by Crippen LogP contribution is 2.29. The molecule has 28 heavy (non-hydrogen) atoms. The average molecular weight is 385 g/mol. The van der Waals surface area contributed by atoms with Crippen molar-refractivity contribution >= 4 is 11.5 Å². The third kappa shape index (κ3) is 4.52. The Labute approximate surface area is 162 Å². The quantitative estimate of drug-likeness (QED) is 0.629. The number of alkyl halides is 2. The van der Waals surface area contributed by atoms with Crippen LogP contribution in [0.15, 0.2) is 78.5 Å². The van der Waals surface area contributed by atoms with E-state index in [4.69, 9.17) is 0 Å². The zero-order valence-corrected chi connectivity index (χ0v) is 15.8. The third-order valence-electron chi connectivity index (χ3n) is 4.16. The third-order valence-corrected chi connectivity index (χ3v) is 4.16. The van der Waals surface area contributed by atoms with Gasteiger partial charge in [0, 0.05) is 23.7 Å². The van der Waals surface area contributed by atoms with Gasteiger partial charge in [-0.2, -0.15) is 0 Å². The molecular weight excluding hydrogens is 364 g/mol. The van der Waals surface area contributed by atoms with E-state index in [1.165, 1.54) is 26.0 Å². The van der Waals surface area contributed by atoms with Crippen molar-refractivity contribution in [2.45, 2.75) is 27.1 Å². The van der Waals surface area contributed by atoms with Crippen LogP contribution in [0.4, 0.5) is 8.78 Å². The molecule has 0 radical (unpaired) electrons. The minimum Gasteiger partial charge on any atom is -0.508 e. The summed E-state index contributed by atoms with van der Waals surface area (Å²) in [5.41, 5.74) is 3.20. The van der Waals surface area contributed by atoms with Gasteiger partial charge in [-0.25, -0.2) is 0 Å². The first-order valence-corrected chi connectivity index (χ1v) is 8.74. The molecule has 0 unspecified atom stereocenters. The largest absolute Gasteiger partial charge is 0.585 e. The summed E-state index contributed by atoms with van der Waals surface area (Å²) in [6, 6.07) is 9.42. The fraction of sp³-hybridized carbons (Fsp3) is 0.182. The maximum Gasteiger partial charge on any atom is 0.585 e. The second-order valence-corrected chi connectivity index (χ2v) is 6.35. The Morgan fingerprint density at radius 2 is 1.82 bits per heavy atom. The van der Waals surface area contributed by atoms with Gasteiger partial charge in [0.2, 0.25) is 0 Å². The molecular formula is C22H21F2NO3. The van der Waals surface area contributed by atoms with Crippen LogP contribution in [0.3, 0.4) is 0 Å². The summed E-state index contributed by atoms with van der Waals surface area (Å²) in [6.45, 7) is 4.65. The predicted molar refractivity (Wildman–Crippen MR) is 105 cm³/mol. The fourth-order valence-corrected chi connectivity index (χ4v) is 2.83. The topological polar surface area (TPSA) is 43.6 Å². The monoisotopic (exact) mass is 385 g/mol. The first-order valence-electron chi connectivity index (χ1n) is 8.74. The highest BCUT2D eigenvalue weighted by atomic mass is 19.3. The maximum atomic E-state index is 13.6. The van der Waals surface area contributed by atoms with E-state index in [2.05, 4.69) is 9.47 Å². The summed E-state index contributed by atoms with van der Waals surface area (Å²) >= 11 is 0. The van der Waals surface area contributed by atoms with Crippen LogP contribution in [-0.4, -0.2) is 16.0 Å². The van der Waals surface area contributed by atoms with E-state index in [1.54, 1.807) is 23.6 Å². The van der Waals surface area contributed by atoms with Crippen molar-refractivity contribution in [3.8, 4) is 11.1 Å². The summed E-state index contributed by atoms with van der Waals surface area (Å²) in [5.74, 6) is 0.264. The van der Waals surface area contributed by atoms with Crippen LogP contribution in [0.25, 0.3) is 22.6 Å². The lowest BCUT2D eigenvalue weighted by atomic mass is 10.0. The molecule has 3 rings (SSSR count). The molecule has 0 spiro atoms. The Hall–Kier alpha value is -3.28. The van der Waals surface area contributed by atoms with Crippen molar-refractivity contribution in [3.63, 3.8) is 0 Å². The minimum atomic E-state index is -3.72. The second kappa shape index (κ2) is 7.76. The van der Waals surface area contributed by atoms with E-state index in [1.807, 2.05) is 42.7 Å². The number of nitrogens with zero attached hydrogens (tertiary/aromatic N) is 1. The molecule has 6 heteroatoms. The van der Waals surface area contributed by atoms with Crippen LogP contribution in [0.5, 0.6) is 0 Å². The molecule has 2 aromatic rings. The molecule has 0 aliphatic carbocycles. The zero-order chi connectivity index (χ0) is 20.3. The Morgan fingerprint density at radius 3 is 2.57 bits per heavy atom. The number of benzene rings is 1. The van der Waals surface area contributed by atoms with Crippen LogP contribution in [0.1, 0.15) is 26.3 Å². The molecule has 2 heterocycles. The minimum absolute atomic E-state index is 0.0228. The van der Waals surface area contributed by atoms with Crippen LogP contribution < -0.4 is 0 Å². The fourth-order valence-electron chi connectivity index (χ4n) is 2.83. The Bertz CT molecular complexity index is 997. The Morgan fingerprint density at radius 1 is 1.07 bits per heavy atom. The van der Waals surface area contributed by atoms with E-state index < -0.39 is 6.29 Å². The lowest BCUT2D eigenvalue weighted by Gasteiger charge is -2.18. The van der Waals surface area contributed by atoms with E-state index in [9.17, 15) is 13.9 Å². The van der Waals surface area contributed by atoms with Gasteiger partial charge in [0.05, 0.1) is 0 Å². The number of aliphatic hydroxyl groups is 1. The number of hydrogen-bond donors (Lipinski definition) is 1. The lowest BCUT2D eigenvalue weighted by Crippen LogP contribution is -2.23. The molecule has 146 valence electrons. The molecule has 0 fully saturated rings. The number of aliphatic hydroxyl groups excluding tert-OH is 1. The first-order chi connectivity index (χ1) is 13.3. The molecule has 0 atom stereocenters. The highest BCUT2D eigenvalue weighted by Gasteiger charge is 2.36. The molecule has 1 aliphatic heterocycles. The van der Waals surface area contributed by atoms with Crippen molar-refractivity contribution in [1.82, 2.24) is 4.57 Å². The van der Waals surface area contributed by atoms with Crippen LogP contribution in [-0.2, 0) is 9.47 Å². The molecule has 1 aliphatic rings. The van der Waals surface area contributed by atoms with Crippen molar-refractivity contribution < 1.29 is 23.4 Å². The highest BCUT2D eigenvalue weighted by molar-refractivity contribution is 5.71. The Balaban J connectivity index is 1.97. The van der Waals surface area contributed by atoms with Gasteiger partial charge >= 0.3 is 6.29 Å². The van der Waals surface area contributed by atoms with Crippen LogP contribution >= 0.6 is 0 Å². The summed E-state index contributed by atoms with van der Waals surface area (Å²) in [4.78, 5) is 0. The van der Waals surface area contributed by atoms with Gasteiger partial charge in [0.15, 0.2) is 0 Å². The predicted octanol–water partition coefficient (Wildman–Crippen LogP) is 6.32. The molecule has 1 aromatic carbocycles. The average Bonchev–Trinajstić information content (AvgIpc) is 3.14. The zero-order valence-electron chi connectivity index (χ0n) is 15.8. The van der Waals surface area contributed by atoms with Gasteiger partial charge in [-0.05, 0) is 68.3 Å². The molecule has 1 N–H and O–H groups in total. The number of allylic oxidation sites excluding steroid dienone is 7. The SMILES string of the molecule is C/C=C(\O)c1cccc(-c2ccn(C3=C/C=C(\C)OC(F)(F)O\C(C)=C\3)c2)c1. The Kier molecular flexibility index (Phi) is 5.40. The van der Waals surface area contributed by atoms with Crippen LogP contribution in [0.2, 0.25) is 0 Å². The molecule has 0 saturated carbocycles. The van der Waals surface area contributed by atoms with Gasteiger partial charge in [0.25, 0.3) is 0 Å². The van der Waals surface area contributed by atoms with Gasteiger partial charge in [-0.1, -0.05) is 18.2 Å². The van der Waals surface area contributed by atoms with Gasteiger partial charge in [0.1, 0.15) is 17.3 Å². The second-order valence-electron chi connectivity index (χ2n) is 6.35. The molecule has 1 aromatic heterocycles. The summed E-state index contributed by atoms with van der Waals surface area (Å²) in [7, 11) is 0. The van der Waals surface area contributed by atoms with Crippen molar-refractivity contribution in [3.05, 3.63) is 84.1 Å². The smallest absolute Gasteiger partial charge is 0.508 e. The number of halogens is 2. The van der Waals surface area contributed by atoms with E-state index in [0.717, 1.165) is 16.7 Å². The first kappa shape index (κ1) is 19.5.